The van der Waals surface area contributed by atoms with Crippen LogP contribution in [0.1, 0.15) is 162 Å². The van der Waals surface area contributed by atoms with Gasteiger partial charge in [0.25, 0.3) is 5.91 Å². The molecule has 0 bridgehead atoms. The number of amides is 2. The van der Waals surface area contributed by atoms with Crippen LogP contribution in [0, 0.1) is 5.92 Å². The fraction of sp³-hybridized carbons (Fsp3) is 0.686. The molecule has 254 valence electrons. The van der Waals surface area contributed by atoms with Crippen molar-refractivity contribution in [1.29, 1.82) is 0 Å². The molecule has 0 spiro atoms. The minimum Gasteiger partial charge on any atom is -0.481 e. The standard InChI is InChI=1S/C35H56N2O8/c1-27(34(42)43)20-18-19-23-36-33(41)28-24-29(35(44)45)26-30(25-28)37-31(38)21-16-14-12-10-8-6-4-2-3-5-7-9-11-13-15-17-22-32(39)40/h24-27H,2-23H2,1H3,(H,36,41)(H,37,38)(H,39,40)(H,42,43)(H,44,45)/t27-/m0/s1. The second-order valence-electron chi connectivity index (χ2n) is 12.2. The zero-order valence-corrected chi connectivity index (χ0v) is 27.2. The van der Waals surface area contributed by atoms with E-state index in [-0.39, 0.29) is 29.1 Å². The molecule has 10 nitrogen and oxygen atoms in total. The lowest BCUT2D eigenvalue weighted by Gasteiger charge is -2.11. The van der Waals surface area contributed by atoms with Crippen molar-refractivity contribution in [3.8, 4) is 0 Å². The van der Waals surface area contributed by atoms with E-state index in [9.17, 15) is 29.1 Å². The summed E-state index contributed by atoms with van der Waals surface area (Å²) < 4.78 is 0. The molecule has 2 amide bonds. The van der Waals surface area contributed by atoms with Gasteiger partial charge >= 0.3 is 17.9 Å². The summed E-state index contributed by atoms with van der Waals surface area (Å²) >= 11 is 0. The average molecular weight is 633 g/mol. The summed E-state index contributed by atoms with van der Waals surface area (Å²) in [7, 11) is 0. The Morgan fingerprint density at radius 3 is 1.53 bits per heavy atom. The van der Waals surface area contributed by atoms with Gasteiger partial charge in [-0.15, -0.1) is 0 Å². The number of aromatic carboxylic acids is 1. The number of carbonyl (C=O) groups is 5. The van der Waals surface area contributed by atoms with Gasteiger partial charge in [0.1, 0.15) is 0 Å². The number of carboxylic acid groups (broad SMARTS) is 3. The zero-order valence-electron chi connectivity index (χ0n) is 27.2. The Bertz CT molecular complexity index is 1040. The van der Waals surface area contributed by atoms with Gasteiger partial charge in [-0.3, -0.25) is 19.2 Å². The fourth-order valence-electron chi connectivity index (χ4n) is 5.22. The van der Waals surface area contributed by atoms with Gasteiger partial charge in [0, 0.05) is 30.6 Å². The summed E-state index contributed by atoms with van der Waals surface area (Å²) in [5.41, 5.74) is 0.328. The van der Waals surface area contributed by atoms with Gasteiger partial charge in [-0.2, -0.15) is 0 Å². The van der Waals surface area contributed by atoms with E-state index < -0.39 is 29.7 Å². The van der Waals surface area contributed by atoms with Crippen LogP contribution < -0.4 is 10.6 Å². The van der Waals surface area contributed by atoms with Gasteiger partial charge in [0.2, 0.25) is 5.91 Å². The summed E-state index contributed by atoms with van der Waals surface area (Å²) in [6.07, 6.45) is 20.5. The maximum Gasteiger partial charge on any atom is 0.335 e. The maximum absolute atomic E-state index is 12.6. The second kappa shape index (κ2) is 24.8. The highest BCUT2D eigenvalue weighted by molar-refractivity contribution is 6.00. The summed E-state index contributed by atoms with van der Waals surface area (Å²) in [5.74, 6) is -3.84. The second-order valence-corrected chi connectivity index (χ2v) is 12.2. The number of carboxylic acids is 3. The van der Waals surface area contributed by atoms with Crippen molar-refractivity contribution in [1.82, 2.24) is 5.32 Å². The van der Waals surface area contributed by atoms with E-state index >= 15 is 0 Å². The van der Waals surface area contributed by atoms with Crippen LogP contribution in [0.25, 0.3) is 0 Å². The molecular weight excluding hydrogens is 576 g/mol. The van der Waals surface area contributed by atoms with E-state index in [1.165, 1.54) is 76.0 Å². The van der Waals surface area contributed by atoms with Crippen molar-refractivity contribution < 1.29 is 39.3 Å². The number of nitrogens with one attached hydrogen (secondary N) is 2. The number of hydrogen-bond acceptors (Lipinski definition) is 5. The molecule has 0 saturated carbocycles. The molecule has 0 heterocycles. The SMILES string of the molecule is C[C@@H](CCCCNC(=O)c1cc(NC(=O)CCCCCCCCCCCCCCCCCCC(=O)O)cc(C(=O)O)c1)C(=O)O. The molecule has 1 rings (SSSR count). The third-order valence-corrected chi connectivity index (χ3v) is 8.04. The number of aliphatic carboxylic acids is 2. The van der Waals surface area contributed by atoms with Crippen LogP contribution in [0.5, 0.6) is 0 Å². The first kappa shape index (κ1) is 39.6. The number of hydrogen-bond donors (Lipinski definition) is 5. The molecule has 0 fully saturated rings. The van der Waals surface area contributed by atoms with Crippen LogP contribution >= 0.6 is 0 Å². The summed E-state index contributed by atoms with van der Waals surface area (Å²) in [6, 6.07) is 4.09. The van der Waals surface area contributed by atoms with Gasteiger partial charge in [-0.1, -0.05) is 103 Å². The Labute approximate surface area is 268 Å². The van der Waals surface area contributed by atoms with Crippen molar-refractivity contribution in [3.63, 3.8) is 0 Å². The maximum atomic E-state index is 12.6. The van der Waals surface area contributed by atoms with Crippen molar-refractivity contribution in [2.24, 2.45) is 5.92 Å². The van der Waals surface area contributed by atoms with Gasteiger partial charge < -0.3 is 26.0 Å². The lowest BCUT2D eigenvalue weighted by atomic mass is 10.0. The smallest absolute Gasteiger partial charge is 0.335 e. The predicted octanol–water partition coefficient (Wildman–Crippen LogP) is 8.05. The molecule has 5 N–H and O–H groups in total. The highest BCUT2D eigenvalue weighted by atomic mass is 16.4. The first-order valence-electron chi connectivity index (χ1n) is 17.0. The lowest BCUT2D eigenvalue weighted by Crippen LogP contribution is -2.25. The molecule has 0 aliphatic carbocycles. The van der Waals surface area contributed by atoms with Gasteiger partial charge in [0.05, 0.1) is 11.5 Å². The van der Waals surface area contributed by atoms with Crippen LogP contribution in [-0.2, 0) is 14.4 Å². The van der Waals surface area contributed by atoms with Crippen LogP contribution in [0.2, 0.25) is 0 Å². The van der Waals surface area contributed by atoms with Crippen LogP contribution in [-0.4, -0.2) is 51.6 Å². The summed E-state index contributed by atoms with van der Waals surface area (Å²) in [4.78, 5) is 58.1. The average Bonchev–Trinajstić information content (AvgIpc) is 2.99. The van der Waals surface area contributed by atoms with Crippen molar-refractivity contribution >= 4 is 35.4 Å². The van der Waals surface area contributed by atoms with E-state index in [0.29, 0.717) is 32.2 Å². The van der Waals surface area contributed by atoms with Gasteiger partial charge in [0.15, 0.2) is 0 Å². The molecule has 0 saturated heterocycles. The summed E-state index contributed by atoms with van der Waals surface area (Å²) in [5, 5.41) is 32.5. The predicted molar refractivity (Wildman–Crippen MR) is 176 cm³/mol. The summed E-state index contributed by atoms with van der Waals surface area (Å²) in [6.45, 7) is 1.98. The highest BCUT2D eigenvalue weighted by Crippen LogP contribution is 2.18. The molecular formula is C35H56N2O8. The first-order chi connectivity index (χ1) is 21.6. The molecule has 1 atom stereocenters. The number of anilines is 1. The molecule has 1 aromatic carbocycles. The van der Waals surface area contributed by atoms with E-state index in [1.54, 1.807) is 6.92 Å². The third kappa shape index (κ3) is 21.0. The molecule has 0 radical (unpaired) electrons. The zero-order chi connectivity index (χ0) is 33.3. The quantitative estimate of drug-likeness (QED) is 0.0578. The topological polar surface area (TPSA) is 170 Å². The largest absolute Gasteiger partial charge is 0.481 e. The molecule has 0 aromatic heterocycles. The number of unbranched alkanes of at least 4 members (excludes halogenated alkanes) is 16. The highest BCUT2D eigenvalue weighted by Gasteiger charge is 2.14. The van der Waals surface area contributed by atoms with E-state index in [2.05, 4.69) is 10.6 Å². The van der Waals surface area contributed by atoms with Crippen LogP contribution in [0.3, 0.4) is 0 Å². The molecule has 45 heavy (non-hydrogen) atoms. The Morgan fingerprint density at radius 2 is 1.07 bits per heavy atom. The Hall–Kier alpha value is -3.43. The lowest BCUT2D eigenvalue weighted by molar-refractivity contribution is -0.141. The van der Waals surface area contributed by atoms with Crippen molar-refractivity contribution in [3.05, 3.63) is 29.3 Å². The normalized spacial score (nSPS) is 11.6. The minimum absolute atomic E-state index is 0.0880. The van der Waals surface area contributed by atoms with Crippen molar-refractivity contribution in [2.45, 2.75) is 142 Å². The molecule has 0 aliphatic heterocycles. The van der Waals surface area contributed by atoms with E-state index in [4.69, 9.17) is 10.2 Å². The van der Waals surface area contributed by atoms with Gasteiger partial charge in [-0.25, -0.2) is 4.79 Å². The number of benzene rings is 1. The Morgan fingerprint density at radius 1 is 0.600 bits per heavy atom. The molecule has 1 aromatic rings. The van der Waals surface area contributed by atoms with Crippen LogP contribution in [0.4, 0.5) is 5.69 Å². The Balaban J connectivity index is 2.16. The van der Waals surface area contributed by atoms with Crippen LogP contribution in [0.15, 0.2) is 18.2 Å². The number of carbonyl (C=O) groups excluding carboxylic acids is 2. The third-order valence-electron chi connectivity index (χ3n) is 8.04. The van der Waals surface area contributed by atoms with Gasteiger partial charge in [-0.05, 0) is 43.9 Å². The molecule has 0 aliphatic rings. The first-order valence-corrected chi connectivity index (χ1v) is 17.0. The monoisotopic (exact) mass is 632 g/mol. The fourth-order valence-corrected chi connectivity index (χ4v) is 5.22. The van der Waals surface area contributed by atoms with Crippen molar-refractivity contribution in [2.75, 3.05) is 11.9 Å². The Kier molecular flexibility index (Phi) is 21.9. The van der Waals surface area contributed by atoms with E-state index in [0.717, 1.165) is 44.9 Å². The molecule has 10 heteroatoms. The number of rotatable bonds is 28. The van der Waals surface area contributed by atoms with E-state index in [1.807, 2.05) is 0 Å². The molecule has 0 unspecified atom stereocenters. The minimum atomic E-state index is -1.19.